The summed E-state index contributed by atoms with van der Waals surface area (Å²) >= 11 is 12.3. The number of halogens is 2. The first-order valence-electron chi connectivity index (χ1n) is 9.07. The highest BCUT2D eigenvalue weighted by atomic mass is 35.5. The van der Waals surface area contributed by atoms with Crippen molar-refractivity contribution in [3.8, 4) is 17.6 Å². The van der Waals surface area contributed by atoms with E-state index < -0.39 is 26.1 Å². The van der Waals surface area contributed by atoms with E-state index >= 15 is 0 Å². The molecule has 0 amide bonds. The molecule has 0 saturated heterocycles. The zero-order chi connectivity index (χ0) is 25.0. The summed E-state index contributed by atoms with van der Waals surface area (Å²) in [5.74, 6) is -0.430. The zero-order valence-electron chi connectivity index (χ0n) is 16.7. The fourth-order valence-corrected chi connectivity index (χ4v) is 3.40. The minimum atomic E-state index is -0.848. The second kappa shape index (κ2) is 9.95. The number of nitro groups is 3. The van der Waals surface area contributed by atoms with Crippen molar-refractivity contribution >= 4 is 51.9 Å². The van der Waals surface area contributed by atoms with Gasteiger partial charge in [-0.15, -0.1) is 0 Å². The monoisotopic (exact) mass is 500 g/mol. The molecule has 3 aromatic rings. The number of non-ortho nitro benzene ring substituents is 2. The first-order chi connectivity index (χ1) is 16.1. The highest BCUT2D eigenvalue weighted by Gasteiger charge is 2.23. The van der Waals surface area contributed by atoms with Crippen LogP contribution in [-0.2, 0) is 0 Å². The van der Waals surface area contributed by atoms with Crippen molar-refractivity contribution < 1.29 is 19.5 Å². The molecular weight excluding hydrogens is 491 g/mol. The lowest BCUT2D eigenvalue weighted by Gasteiger charge is -2.12. The number of ether oxygens (including phenoxy) is 1. The van der Waals surface area contributed by atoms with Crippen molar-refractivity contribution in [2.75, 3.05) is 0 Å². The van der Waals surface area contributed by atoms with Gasteiger partial charge in [0, 0.05) is 28.8 Å². The Balaban J connectivity index is 2.12. The lowest BCUT2D eigenvalue weighted by atomic mass is 10.0. The van der Waals surface area contributed by atoms with Crippen LogP contribution < -0.4 is 4.74 Å². The van der Waals surface area contributed by atoms with Gasteiger partial charge in [0.1, 0.15) is 0 Å². The second-order valence-electron chi connectivity index (χ2n) is 6.55. The van der Waals surface area contributed by atoms with Crippen molar-refractivity contribution in [2.24, 2.45) is 0 Å². The molecule has 0 radical (unpaired) electrons. The molecule has 0 spiro atoms. The molecule has 0 fully saturated rings. The van der Waals surface area contributed by atoms with Gasteiger partial charge in [-0.25, -0.2) is 0 Å². The maximum Gasteiger partial charge on any atom is 0.318 e. The second-order valence-corrected chi connectivity index (χ2v) is 7.39. The van der Waals surface area contributed by atoms with E-state index in [-0.39, 0.29) is 38.4 Å². The minimum Gasteiger partial charge on any atom is -0.448 e. The largest absolute Gasteiger partial charge is 0.448 e. The average Bonchev–Trinajstić information content (AvgIpc) is 2.79. The molecule has 0 atom stereocenters. The van der Waals surface area contributed by atoms with Crippen LogP contribution in [0.1, 0.15) is 11.1 Å². The van der Waals surface area contributed by atoms with Crippen molar-refractivity contribution in [3.05, 3.63) is 106 Å². The molecule has 0 N–H and O–H groups in total. The lowest BCUT2D eigenvalue weighted by Crippen LogP contribution is -1.97. The Hall–Kier alpha value is -4.53. The van der Waals surface area contributed by atoms with Gasteiger partial charge in [0.15, 0.2) is 5.75 Å². The predicted octanol–water partition coefficient (Wildman–Crippen LogP) is 6.57. The summed E-state index contributed by atoms with van der Waals surface area (Å²) in [6.45, 7) is 0. The van der Waals surface area contributed by atoms with Crippen LogP contribution in [0.15, 0.2) is 54.6 Å². The number of rotatable bonds is 7. The number of nitro benzene ring substituents is 3. The zero-order valence-corrected chi connectivity index (χ0v) is 18.2. The first kappa shape index (κ1) is 24.1. The highest BCUT2D eigenvalue weighted by molar-refractivity contribution is 6.36. The standard InChI is InChI=1S/C21H10Cl2N4O7/c22-15-8-13(7-14(11-24)12-1-3-16(4-2-12)25(28)29)21(18(23)9-15)34-20-6-5-17(26(30)31)10-19(20)27(32)33/h1-10H/b14-7+. The third-order valence-electron chi connectivity index (χ3n) is 4.41. The fourth-order valence-electron chi connectivity index (χ4n) is 2.85. The maximum absolute atomic E-state index is 11.4. The van der Waals surface area contributed by atoms with Crippen LogP contribution in [0, 0.1) is 41.7 Å². The van der Waals surface area contributed by atoms with Crippen molar-refractivity contribution in [2.45, 2.75) is 0 Å². The number of nitrogens with zero attached hydrogens (tertiary/aromatic N) is 4. The summed E-state index contributed by atoms with van der Waals surface area (Å²) < 4.78 is 5.66. The van der Waals surface area contributed by atoms with Gasteiger partial charge < -0.3 is 4.74 Å². The van der Waals surface area contributed by atoms with Crippen LogP contribution in [0.25, 0.3) is 11.6 Å². The summed E-state index contributed by atoms with van der Waals surface area (Å²) in [7, 11) is 0. The molecule has 3 rings (SSSR count). The molecule has 34 heavy (non-hydrogen) atoms. The molecule has 3 aromatic carbocycles. The van der Waals surface area contributed by atoms with E-state index in [1.807, 2.05) is 6.07 Å². The van der Waals surface area contributed by atoms with Crippen LogP contribution in [-0.4, -0.2) is 14.8 Å². The van der Waals surface area contributed by atoms with E-state index in [1.165, 1.54) is 42.5 Å². The molecule has 0 saturated carbocycles. The molecule has 13 heteroatoms. The predicted molar refractivity (Wildman–Crippen MR) is 123 cm³/mol. The van der Waals surface area contributed by atoms with Crippen LogP contribution in [0.3, 0.4) is 0 Å². The van der Waals surface area contributed by atoms with E-state index in [2.05, 4.69) is 0 Å². The van der Waals surface area contributed by atoms with Crippen LogP contribution in [0.5, 0.6) is 11.5 Å². The number of benzene rings is 3. The number of hydrogen-bond acceptors (Lipinski definition) is 8. The lowest BCUT2D eigenvalue weighted by molar-refractivity contribution is -0.394. The number of allylic oxidation sites excluding steroid dienone is 1. The quantitative estimate of drug-likeness (QED) is 0.152. The van der Waals surface area contributed by atoms with E-state index in [0.29, 0.717) is 5.56 Å². The highest BCUT2D eigenvalue weighted by Crippen LogP contribution is 2.41. The molecule has 11 nitrogen and oxygen atoms in total. The van der Waals surface area contributed by atoms with Crippen molar-refractivity contribution in [3.63, 3.8) is 0 Å². The van der Waals surface area contributed by atoms with Crippen molar-refractivity contribution in [1.29, 1.82) is 5.26 Å². The Morgan fingerprint density at radius 1 is 0.882 bits per heavy atom. The molecule has 0 aliphatic rings. The van der Waals surface area contributed by atoms with Gasteiger partial charge >= 0.3 is 5.69 Å². The third-order valence-corrected chi connectivity index (χ3v) is 4.91. The SMILES string of the molecule is N#C/C(=C\c1cc(Cl)cc(Cl)c1Oc1ccc([N+](=O)[O-])cc1[N+](=O)[O-])c1ccc([N+](=O)[O-])cc1. The van der Waals surface area contributed by atoms with Crippen LogP contribution >= 0.6 is 23.2 Å². The third kappa shape index (κ3) is 5.26. The molecule has 0 aliphatic heterocycles. The Morgan fingerprint density at radius 3 is 2.06 bits per heavy atom. The molecule has 0 aliphatic carbocycles. The molecule has 170 valence electrons. The van der Waals surface area contributed by atoms with Gasteiger partial charge in [-0.2, -0.15) is 5.26 Å². The normalized spacial score (nSPS) is 10.9. The summed E-state index contributed by atoms with van der Waals surface area (Å²) in [6.07, 6.45) is 1.34. The van der Waals surface area contributed by atoms with Gasteiger partial charge in [0.2, 0.25) is 5.75 Å². The van der Waals surface area contributed by atoms with Gasteiger partial charge in [0.05, 0.1) is 37.5 Å². The Kier molecular flexibility index (Phi) is 7.06. The summed E-state index contributed by atoms with van der Waals surface area (Å²) in [5, 5.41) is 43.0. The molecule has 0 bridgehead atoms. The van der Waals surface area contributed by atoms with Crippen LogP contribution in [0.2, 0.25) is 10.0 Å². The molecule has 0 aromatic heterocycles. The molecule has 0 unspecified atom stereocenters. The van der Waals surface area contributed by atoms with Crippen LogP contribution in [0.4, 0.5) is 17.1 Å². The number of nitriles is 1. The average molecular weight is 501 g/mol. The van der Waals surface area contributed by atoms with Crippen molar-refractivity contribution in [1.82, 2.24) is 0 Å². The Labute approximate surface area is 200 Å². The Bertz CT molecular complexity index is 1400. The molecule has 0 heterocycles. The van der Waals surface area contributed by atoms with Gasteiger partial charge in [0.25, 0.3) is 11.4 Å². The summed E-state index contributed by atoms with van der Waals surface area (Å²) in [5.41, 5.74) is -0.772. The van der Waals surface area contributed by atoms with E-state index in [4.69, 9.17) is 27.9 Å². The molecular formula is C21H10Cl2N4O7. The minimum absolute atomic E-state index is 0.0487. The smallest absolute Gasteiger partial charge is 0.318 e. The summed E-state index contributed by atoms with van der Waals surface area (Å²) in [6, 6.07) is 12.7. The maximum atomic E-state index is 11.4. The van der Waals surface area contributed by atoms with Gasteiger partial charge in [-0.05, 0) is 42.0 Å². The van der Waals surface area contributed by atoms with Gasteiger partial charge in [-0.3, -0.25) is 30.3 Å². The van der Waals surface area contributed by atoms with Gasteiger partial charge in [-0.1, -0.05) is 23.2 Å². The topological polar surface area (TPSA) is 162 Å². The first-order valence-corrected chi connectivity index (χ1v) is 9.82. The van der Waals surface area contributed by atoms with E-state index in [0.717, 1.165) is 18.2 Å². The Morgan fingerprint density at radius 2 is 1.50 bits per heavy atom. The summed E-state index contributed by atoms with van der Waals surface area (Å²) in [4.78, 5) is 31.1. The van der Waals surface area contributed by atoms with E-state index in [9.17, 15) is 35.6 Å². The number of hydrogen-bond donors (Lipinski definition) is 0. The van der Waals surface area contributed by atoms with E-state index in [1.54, 1.807) is 0 Å². The fraction of sp³-hybridized carbons (Fsp3) is 0.